The van der Waals surface area contributed by atoms with Crippen LogP contribution in [0.15, 0.2) is 51.4 Å². The van der Waals surface area contributed by atoms with Gasteiger partial charge in [0.05, 0.1) is 4.92 Å². The van der Waals surface area contributed by atoms with Crippen LogP contribution >= 0.6 is 31.9 Å². The van der Waals surface area contributed by atoms with Crippen molar-refractivity contribution in [3.05, 3.63) is 67.1 Å². The van der Waals surface area contributed by atoms with Crippen molar-refractivity contribution in [2.24, 2.45) is 0 Å². The summed E-state index contributed by atoms with van der Waals surface area (Å²) in [5.74, 6) is 0. The molecule has 2 rings (SSSR count). The molecular formula is C13H10Br2N2O2. The lowest BCUT2D eigenvalue weighted by Crippen LogP contribution is -1.99. The van der Waals surface area contributed by atoms with Crippen molar-refractivity contribution in [3.8, 4) is 0 Å². The van der Waals surface area contributed by atoms with Crippen LogP contribution in [0.25, 0.3) is 0 Å². The molecule has 0 unspecified atom stereocenters. The quantitative estimate of drug-likeness (QED) is 0.611. The van der Waals surface area contributed by atoms with Crippen molar-refractivity contribution < 1.29 is 4.92 Å². The lowest BCUT2D eigenvalue weighted by Gasteiger charge is -2.07. The Labute approximate surface area is 127 Å². The third-order valence-corrected chi connectivity index (χ3v) is 4.44. The first-order valence-corrected chi connectivity index (χ1v) is 7.07. The third-order valence-electron chi connectivity index (χ3n) is 2.56. The Hall–Kier alpha value is -1.40. The predicted octanol–water partition coefficient (Wildman–Crippen LogP) is 4.73. The molecule has 0 aliphatic heterocycles. The lowest BCUT2D eigenvalue weighted by molar-refractivity contribution is -0.384. The van der Waals surface area contributed by atoms with Gasteiger partial charge in [0.2, 0.25) is 0 Å². The Morgan fingerprint density at radius 1 is 1.05 bits per heavy atom. The second kappa shape index (κ2) is 6.16. The monoisotopic (exact) mass is 384 g/mol. The van der Waals surface area contributed by atoms with Gasteiger partial charge in [-0.25, -0.2) is 0 Å². The summed E-state index contributed by atoms with van der Waals surface area (Å²) in [6.07, 6.45) is 0. The molecule has 19 heavy (non-hydrogen) atoms. The van der Waals surface area contributed by atoms with Gasteiger partial charge in [0.25, 0.3) is 5.69 Å². The average Bonchev–Trinajstić information content (AvgIpc) is 2.40. The maximum atomic E-state index is 10.5. The number of nitro groups is 1. The van der Waals surface area contributed by atoms with Crippen LogP contribution in [0.4, 0.5) is 11.4 Å². The minimum atomic E-state index is -0.407. The molecule has 98 valence electrons. The molecule has 0 aliphatic rings. The van der Waals surface area contributed by atoms with E-state index >= 15 is 0 Å². The number of halogens is 2. The van der Waals surface area contributed by atoms with Crippen molar-refractivity contribution in [3.63, 3.8) is 0 Å². The summed E-state index contributed by atoms with van der Waals surface area (Å²) in [4.78, 5) is 10.1. The molecule has 0 radical (unpaired) electrons. The van der Waals surface area contributed by atoms with Crippen molar-refractivity contribution in [1.82, 2.24) is 0 Å². The van der Waals surface area contributed by atoms with Crippen molar-refractivity contribution >= 4 is 43.2 Å². The SMILES string of the molecule is O=[N+]([O-])c1ccc(NCc2ccc(Br)c(Br)c2)cc1. The number of nitrogens with one attached hydrogen (secondary N) is 1. The van der Waals surface area contributed by atoms with Gasteiger partial charge in [-0.2, -0.15) is 0 Å². The van der Waals surface area contributed by atoms with Gasteiger partial charge < -0.3 is 5.32 Å². The summed E-state index contributed by atoms with van der Waals surface area (Å²) in [7, 11) is 0. The molecule has 0 bridgehead atoms. The van der Waals surface area contributed by atoms with E-state index in [1.807, 2.05) is 18.2 Å². The summed E-state index contributed by atoms with van der Waals surface area (Å²) in [6.45, 7) is 0.656. The topological polar surface area (TPSA) is 55.2 Å². The van der Waals surface area contributed by atoms with Crippen LogP contribution in [0.2, 0.25) is 0 Å². The standard InChI is InChI=1S/C13H10Br2N2O2/c14-12-6-1-9(7-13(12)15)8-16-10-2-4-11(5-3-10)17(18)19/h1-7,16H,8H2. The highest BCUT2D eigenvalue weighted by atomic mass is 79.9. The van der Waals surface area contributed by atoms with E-state index in [0.717, 1.165) is 20.2 Å². The van der Waals surface area contributed by atoms with Crippen LogP contribution < -0.4 is 5.32 Å². The maximum Gasteiger partial charge on any atom is 0.269 e. The number of hydrogen-bond acceptors (Lipinski definition) is 3. The molecular weight excluding hydrogens is 376 g/mol. The molecule has 1 N–H and O–H groups in total. The van der Waals surface area contributed by atoms with Gasteiger partial charge in [-0.3, -0.25) is 10.1 Å². The van der Waals surface area contributed by atoms with Gasteiger partial charge in [0.1, 0.15) is 0 Å². The zero-order valence-electron chi connectivity index (χ0n) is 9.77. The normalized spacial score (nSPS) is 10.2. The van der Waals surface area contributed by atoms with Crippen LogP contribution in [-0.2, 0) is 6.54 Å². The van der Waals surface area contributed by atoms with Crippen molar-refractivity contribution in [1.29, 1.82) is 0 Å². The number of benzene rings is 2. The van der Waals surface area contributed by atoms with Gasteiger partial charge in [-0.15, -0.1) is 0 Å². The van der Waals surface area contributed by atoms with E-state index in [2.05, 4.69) is 37.2 Å². The van der Waals surface area contributed by atoms with E-state index in [-0.39, 0.29) is 5.69 Å². The van der Waals surface area contributed by atoms with Crippen LogP contribution in [0.5, 0.6) is 0 Å². The first kappa shape index (κ1) is 14.0. The predicted molar refractivity (Wildman–Crippen MR) is 82.3 cm³/mol. The summed E-state index contributed by atoms with van der Waals surface area (Å²) in [6, 6.07) is 12.4. The summed E-state index contributed by atoms with van der Waals surface area (Å²) in [5.41, 5.74) is 2.06. The van der Waals surface area contributed by atoms with Crippen molar-refractivity contribution in [2.45, 2.75) is 6.54 Å². The Balaban J connectivity index is 2.01. The molecule has 0 amide bonds. The summed E-state index contributed by atoms with van der Waals surface area (Å²) >= 11 is 6.86. The van der Waals surface area contributed by atoms with E-state index in [1.165, 1.54) is 12.1 Å². The Morgan fingerprint density at radius 3 is 2.32 bits per heavy atom. The highest BCUT2D eigenvalue weighted by Crippen LogP contribution is 2.24. The maximum absolute atomic E-state index is 10.5. The van der Waals surface area contributed by atoms with E-state index < -0.39 is 4.92 Å². The molecule has 0 spiro atoms. The second-order valence-electron chi connectivity index (χ2n) is 3.91. The summed E-state index contributed by atoms with van der Waals surface area (Å²) < 4.78 is 2.00. The zero-order chi connectivity index (χ0) is 13.8. The fourth-order valence-electron chi connectivity index (χ4n) is 1.55. The van der Waals surface area contributed by atoms with Crippen molar-refractivity contribution in [2.75, 3.05) is 5.32 Å². The Bertz CT molecular complexity index is 600. The average molecular weight is 386 g/mol. The van der Waals surface area contributed by atoms with E-state index in [0.29, 0.717) is 6.54 Å². The van der Waals surface area contributed by atoms with Crippen LogP contribution in [0.1, 0.15) is 5.56 Å². The van der Waals surface area contributed by atoms with E-state index in [1.54, 1.807) is 12.1 Å². The van der Waals surface area contributed by atoms with Crippen LogP contribution in [-0.4, -0.2) is 4.92 Å². The highest BCUT2D eigenvalue weighted by molar-refractivity contribution is 9.13. The van der Waals surface area contributed by atoms with E-state index in [9.17, 15) is 10.1 Å². The number of anilines is 1. The smallest absolute Gasteiger partial charge is 0.269 e. The fraction of sp³-hybridized carbons (Fsp3) is 0.0769. The highest BCUT2D eigenvalue weighted by Gasteiger charge is 2.04. The Morgan fingerprint density at radius 2 is 1.74 bits per heavy atom. The fourth-order valence-corrected chi connectivity index (χ4v) is 2.23. The second-order valence-corrected chi connectivity index (χ2v) is 5.61. The third kappa shape index (κ3) is 3.78. The molecule has 0 aromatic heterocycles. The number of non-ortho nitro benzene ring substituents is 1. The molecule has 0 saturated carbocycles. The van der Waals surface area contributed by atoms with E-state index in [4.69, 9.17) is 0 Å². The molecule has 0 heterocycles. The lowest BCUT2D eigenvalue weighted by atomic mass is 10.2. The number of nitro benzene ring substituents is 1. The largest absolute Gasteiger partial charge is 0.381 e. The van der Waals surface area contributed by atoms with Crippen LogP contribution in [0.3, 0.4) is 0 Å². The van der Waals surface area contributed by atoms with Gasteiger partial charge >= 0.3 is 0 Å². The molecule has 0 fully saturated rings. The molecule has 6 heteroatoms. The minimum absolute atomic E-state index is 0.0944. The van der Waals surface area contributed by atoms with Gasteiger partial charge in [0, 0.05) is 33.3 Å². The summed E-state index contributed by atoms with van der Waals surface area (Å²) in [5, 5.41) is 13.8. The number of rotatable bonds is 4. The molecule has 2 aromatic carbocycles. The zero-order valence-corrected chi connectivity index (χ0v) is 12.9. The molecule has 0 saturated heterocycles. The Kier molecular flexibility index (Phi) is 4.55. The first-order valence-electron chi connectivity index (χ1n) is 5.48. The van der Waals surface area contributed by atoms with Gasteiger partial charge in [0.15, 0.2) is 0 Å². The molecule has 0 aliphatic carbocycles. The minimum Gasteiger partial charge on any atom is -0.381 e. The van der Waals surface area contributed by atoms with Crippen LogP contribution in [0, 0.1) is 10.1 Å². The number of hydrogen-bond donors (Lipinski definition) is 1. The van der Waals surface area contributed by atoms with Gasteiger partial charge in [-0.1, -0.05) is 6.07 Å². The molecule has 2 aromatic rings. The van der Waals surface area contributed by atoms with Gasteiger partial charge in [-0.05, 0) is 61.7 Å². The first-order chi connectivity index (χ1) is 9.06. The molecule has 4 nitrogen and oxygen atoms in total. The molecule has 0 atom stereocenters. The number of nitrogens with zero attached hydrogens (tertiary/aromatic N) is 1.